The molecule has 27 heavy (non-hydrogen) atoms. The van der Waals surface area contributed by atoms with Crippen LogP contribution in [0, 0.1) is 0 Å². The van der Waals surface area contributed by atoms with Gasteiger partial charge in [0.05, 0.1) is 12.0 Å². The Morgan fingerprint density at radius 2 is 1.33 bits per heavy atom. The van der Waals surface area contributed by atoms with Gasteiger partial charge < -0.3 is 14.9 Å². The largest absolute Gasteiger partial charge is 0.478 e. The molecule has 1 heterocycles. The predicted molar refractivity (Wildman–Crippen MR) is 101 cm³/mol. The van der Waals surface area contributed by atoms with E-state index in [-0.39, 0.29) is 23.8 Å². The summed E-state index contributed by atoms with van der Waals surface area (Å²) >= 11 is 5.85. The lowest BCUT2D eigenvalue weighted by molar-refractivity contribution is -0.131. The van der Waals surface area contributed by atoms with Crippen molar-refractivity contribution < 1.29 is 19.5 Å². The number of rotatable bonds is 4. The second-order valence-corrected chi connectivity index (χ2v) is 6.80. The Kier molecular flexibility index (Phi) is 5.76. The molecule has 0 atom stereocenters. The van der Waals surface area contributed by atoms with Gasteiger partial charge in [-0.3, -0.25) is 9.59 Å². The average molecular weight is 387 g/mol. The summed E-state index contributed by atoms with van der Waals surface area (Å²) in [5, 5.41) is 9.49. The SMILES string of the molecule is O=C(O)c1ccc(CC(=O)N2CCN(C(=O)c3ccc(Cl)cc3)CC2)cc1. The minimum absolute atomic E-state index is 0.0309. The molecular formula is C20H19ClN2O4. The van der Waals surface area contributed by atoms with Crippen molar-refractivity contribution in [1.82, 2.24) is 9.80 Å². The third-order valence-corrected chi connectivity index (χ3v) is 4.82. The first-order valence-corrected chi connectivity index (χ1v) is 8.96. The van der Waals surface area contributed by atoms with Crippen LogP contribution in [0.2, 0.25) is 5.02 Å². The monoisotopic (exact) mass is 386 g/mol. The van der Waals surface area contributed by atoms with Crippen molar-refractivity contribution in [2.24, 2.45) is 0 Å². The van der Waals surface area contributed by atoms with E-state index in [1.807, 2.05) is 0 Å². The molecule has 1 fully saturated rings. The van der Waals surface area contributed by atoms with E-state index < -0.39 is 5.97 Å². The van der Waals surface area contributed by atoms with Crippen molar-refractivity contribution in [3.05, 3.63) is 70.2 Å². The van der Waals surface area contributed by atoms with Gasteiger partial charge in [0.25, 0.3) is 5.91 Å². The number of hydrogen-bond acceptors (Lipinski definition) is 3. The van der Waals surface area contributed by atoms with Gasteiger partial charge in [0.15, 0.2) is 0 Å². The molecule has 0 saturated carbocycles. The van der Waals surface area contributed by atoms with E-state index in [1.54, 1.807) is 46.2 Å². The highest BCUT2D eigenvalue weighted by Gasteiger charge is 2.24. The molecule has 0 bridgehead atoms. The fraction of sp³-hybridized carbons (Fsp3) is 0.250. The predicted octanol–water partition coefficient (Wildman–Crippen LogP) is 2.57. The molecule has 0 radical (unpaired) electrons. The highest BCUT2D eigenvalue weighted by Crippen LogP contribution is 2.14. The summed E-state index contributed by atoms with van der Waals surface area (Å²) in [5.74, 6) is -1.09. The second kappa shape index (κ2) is 8.22. The quantitative estimate of drug-likeness (QED) is 0.876. The molecule has 0 spiro atoms. The van der Waals surface area contributed by atoms with Crippen molar-refractivity contribution in [3.63, 3.8) is 0 Å². The number of carboxylic acid groups (broad SMARTS) is 1. The maximum atomic E-state index is 12.5. The number of piperazine rings is 1. The minimum Gasteiger partial charge on any atom is -0.478 e. The molecule has 1 aliphatic rings. The number of carbonyl (C=O) groups excluding carboxylic acids is 2. The third kappa shape index (κ3) is 4.65. The van der Waals surface area contributed by atoms with Crippen LogP contribution in [0.3, 0.4) is 0 Å². The number of hydrogen-bond donors (Lipinski definition) is 1. The lowest BCUT2D eigenvalue weighted by Gasteiger charge is -2.35. The summed E-state index contributed by atoms with van der Waals surface area (Å²) in [6.07, 6.45) is 0.213. The standard InChI is InChI=1S/C20H19ClN2O4/c21-17-7-5-15(6-8-17)19(25)23-11-9-22(10-12-23)18(24)13-14-1-3-16(4-2-14)20(26)27/h1-8H,9-13H2,(H,26,27). The van der Waals surface area contributed by atoms with E-state index in [4.69, 9.17) is 16.7 Å². The molecule has 0 unspecified atom stereocenters. The first kappa shape index (κ1) is 18.9. The zero-order valence-electron chi connectivity index (χ0n) is 14.6. The Labute approximate surface area is 162 Å². The van der Waals surface area contributed by atoms with Gasteiger partial charge in [-0.25, -0.2) is 4.79 Å². The Bertz CT molecular complexity index is 841. The molecule has 140 valence electrons. The van der Waals surface area contributed by atoms with Gasteiger partial charge in [0, 0.05) is 36.8 Å². The van der Waals surface area contributed by atoms with Gasteiger partial charge in [0.1, 0.15) is 0 Å². The maximum absolute atomic E-state index is 12.5. The molecule has 1 N–H and O–H groups in total. The molecular weight excluding hydrogens is 368 g/mol. The first-order chi connectivity index (χ1) is 12.9. The average Bonchev–Trinajstić information content (AvgIpc) is 2.68. The Hall–Kier alpha value is -2.86. The zero-order valence-corrected chi connectivity index (χ0v) is 15.4. The minimum atomic E-state index is -0.991. The van der Waals surface area contributed by atoms with Gasteiger partial charge in [-0.15, -0.1) is 0 Å². The van der Waals surface area contributed by atoms with E-state index in [0.29, 0.717) is 36.8 Å². The highest BCUT2D eigenvalue weighted by molar-refractivity contribution is 6.30. The van der Waals surface area contributed by atoms with Crippen molar-refractivity contribution in [3.8, 4) is 0 Å². The molecule has 0 aliphatic carbocycles. The van der Waals surface area contributed by atoms with Gasteiger partial charge >= 0.3 is 5.97 Å². The van der Waals surface area contributed by atoms with E-state index in [9.17, 15) is 14.4 Å². The molecule has 2 aromatic carbocycles. The molecule has 2 amide bonds. The van der Waals surface area contributed by atoms with Crippen molar-refractivity contribution in [2.45, 2.75) is 6.42 Å². The van der Waals surface area contributed by atoms with Crippen LogP contribution in [0.1, 0.15) is 26.3 Å². The summed E-state index contributed by atoms with van der Waals surface area (Å²) in [6.45, 7) is 1.91. The van der Waals surface area contributed by atoms with E-state index >= 15 is 0 Å². The highest BCUT2D eigenvalue weighted by atomic mass is 35.5. The normalized spacial score (nSPS) is 14.1. The summed E-state index contributed by atoms with van der Waals surface area (Å²) in [6, 6.07) is 13.1. The first-order valence-electron chi connectivity index (χ1n) is 8.59. The fourth-order valence-electron chi connectivity index (χ4n) is 2.99. The lowest BCUT2D eigenvalue weighted by atomic mass is 10.1. The molecule has 6 nitrogen and oxygen atoms in total. The number of carboxylic acids is 1. The number of benzene rings is 2. The van der Waals surface area contributed by atoms with Gasteiger partial charge in [-0.2, -0.15) is 0 Å². The van der Waals surface area contributed by atoms with Crippen LogP contribution in [0.15, 0.2) is 48.5 Å². The smallest absolute Gasteiger partial charge is 0.335 e. The van der Waals surface area contributed by atoms with Crippen LogP contribution in [-0.2, 0) is 11.2 Å². The van der Waals surface area contributed by atoms with E-state index in [1.165, 1.54) is 12.1 Å². The maximum Gasteiger partial charge on any atom is 0.335 e. The Balaban J connectivity index is 1.53. The fourth-order valence-corrected chi connectivity index (χ4v) is 3.11. The van der Waals surface area contributed by atoms with Crippen LogP contribution in [-0.4, -0.2) is 58.9 Å². The van der Waals surface area contributed by atoms with Crippen molar-refractivity contribution in [2.75, 3.05) is 26.2 Å². The van der Waals surface area contributed by atoms with Crippen molar-refractivity contribution >= 4 is 29.4 Å². The molecule has 1 aliphatic heterocycles. The van der Waals surface area contributed by atoms with E-state index in [0.717, 1.165) is 5.56 Å². The molecule has 1 saturated heterocycles. The lowest BCUT2D eigenvalue weighted by Crippen LogP contribution is -2.51. The number of aromatic carboxylic acids is 1. The van der Waals surface area contributed by atoms with E-state index in [2.05, 4.69) is 0 Å². The molecule has 3 rings (SSSR count). The molecule has 2 aromatic rings. The van der Waals surface area contributed by atoms with Gasteiger partial charge in [0.2, 0.25) is 5.91 Å². The zero-order chi connectivity index (χ0) is 19.4. The van der Waals surface area contributed by atoms with Crippen molar-refractivity contribution in [1.29, 1.82) is 0 Å². The Morgan fingerprint density at radius 3 is 1.89 bits per heavy atom. The number of carbonyl (C=O) groups is 3. The number of amides is 2. The van der Waals surface area contributed by atoms with Crippen LogP contribution in [0.25, 0.3) is 0 Å². The van der Waals surface area contributed by atoms with Crippen LogP contribution in [0.5, 0.6) is 0 Å². The summed E-state index contributed by atoms with van der Waals surface area (Å²) in [7, 11) is 0. The topological polar surface area (TPSA) is 77.9 Å². The van der Waals surface area contributed by atoms with Crippen LogP contribution in [0.4, 0.5) is 0 Å². The summed E-state index contributed by atoms with van der Waals surface area (Å²) < 4.78 is 0. The third-order valence-electron chi connectivity index (χ3n) is 4.57. The van der Waals surface area contributed by atoms with Gasteiger partial charge in [-0.05, 0) is 42.0 Å². The molecule has 7 heteroatoms. The van der Waals surface area contributed by atoms with Crippen LogP contribution < -0.4 is 0 Å². The summed E-state index contributed by atoms with van der Waals surface area (Å²) in [5.41, 5.74) is 1.54. The Morgan fingerprint density at radius 1 is 0.815 bits per heavy atom. The number of halogens is 1. The summed E-state index contributed by atoms with van der Waals surface area (Å²) in [4.78, 5) is 39.3. The second-order valence-electron chi connectivity index (χ2n) is 6.36. The van der Waals surface area contributed by atoms with Crippen LogP contribution >= 0.6 is 11.6 Å². The van der Waals surface area contributed by atoms with Gasteiger partial charge in [-0.1, -0.05) is 23.7 Å². The molecule has 0 aromatic heterocycles. The number of nitrogens with zero attached hydrogens (tertiary/aromatic N) is 2.